The summed E-state index contributed by atoms with van der Waals surface area (Å²) >= 11 is 0. The van der Waals surface area contributed by atoms with Crippen molar-refractivity contribution in [3.05, 3.63) is 0 Å². The van der Waals surface area contributed by atoms with Crippen molar-refractivity contribution in [2.45, 2.75) is 58.4 Å². The van der Waals surface area contributed by atoms with Crippen molar-refractivity contribution in [3.8, 4) is 0 Å². The fourth-order valence-corrected chi connectivity index (χ4v) is 4.15. The predicted octanol–water partition coefficient (Wildman–Crippen LogP) is 2.42. The molecule has 0 radical (unpaired) electrons. The number of nitrogens with zero attached hydrogens (tertiary/aromatic N) is 1. The second-order valence-electron chi connectivity index (χ2n) is 6.74. The molecule has 1 saturated heterocycles. The maximum absolute atomic E-state index is 12.0. The third kappa shape index (κ3) is 4.19. The topological polar surface area (TPSA) is 55.6 Å². The summed E-state index contributed by atoms with van der Waals surface area (Å²) < 4.78 is 5.22. The number of piperidine rings is 1. The number of likely N-dealkylation sites (tertiary alicyclic amines) is 1. The van der Waals surface area contributed by atoms with E-state index < -0.39 is 0 Å². The lowest BCUT2D eigenvalue weighted by molar-refractivity contribution is -0.150. The van der Waals surface area contributed by atoms with Gasteiger partial charge in [0, 0.05) is 12.6 Å². The molecule has 0 spiro atoms. The summed E-state index contributed by atoms with van der Waals surface area (Å²) in [5.74, 6) is 1.50. The van der Waals surface area contributed by atoms with Crippen LogP contribution in [0.1, 0.15) is 52.4 Å². The maximum Gasteiger partial charge on any atom is 0.310 e. The van der Waals surface area contributed by atoms with E-state index in [1.165, 1.54) is 25.7 Å². The van der Waals surface area contributed by atoms with Gasteiger partial charge in [0.1, 0.15) is 0 Å². The molecule has 4 atom stereocenters. The van der Waals surface area contributed by atoms with Gasteiger partial charge in [-0.15, -0.1) is 0 Å². The Morgan fingerprint density at radius 2 is 2.10 bits per heavy atom. The maximum atomic E-state index is 12.0. The molecule has 2 fully saturated rings. The molecular formula is C17H32N2O2. The molecule has 2 rings (SSSR count). The van der Waals surface area contributed by atoms with E-state index in [-0.39, 0.29) is 11.9 Å². The number of rotatable bonds is 5. The third-order valence-corrected chi connectivity index (χ3v) is 5.49. The number of carbonyl (C=O) groups is 1. The Bertz CT molecular complexity index is 335. The average Bonchev–Trinajstić information content (AvgIpc) is 2.54. The first-order valence-corrected chi connectivity index (χ1v) is 8.80. The van der Waals surface area contributed by atoms with E-state index in [1.54, 1.807) is 0 Å². The van der Waals surface area contributed by atoms with Gasteiger partial charge in [-0.05, 0) is 57.5 Å². The van der Waals surface area contributed by atoms with Crippen LogP contribution in [0.2, 0.25) is 0 Å². The van der Waals surface area contributed by atoms with Crippen LogP contribution in [0.3, 0.4) is 0 Å². The summed E-state index contributed by atoms with van der Waals surface area (Å²) in [5, 5.41) is 0. The van der Waals surface area contributed by atoms with E-state index in [0.717, 1.165) is 38.4 Å². The van der Waals surface area contributed by atoms with E-state index in [0.29, 0.717) is 18.6 Å². The number of hydrogen-bond acceptors (Lipinski definition) is 4. The van der Waals surface area contributed by atoms with E-state index >= 15 is 0 Å². The molecule has 1 saturated carbocycles. The van der Waals surface area contributed by atoms with Gasteiger partial charge in [-0.1, -0.05) is 19.8 Å². The summed E-state index contributed by atoms with van der Waals surface area (Å²) in [7, 11) is 0. The van der Waals surface area contributed by atoms with Gasteiger partial charge in [0.25, 0.3) is 0 Å². The van der Waals surface area contributed by atoms with E-state index in [2.05, 4.69) is 11.8 Å². The van der Waals surface area contributed by atoms with E-state index in [9.17, 15) is 4.79 Å². The summed E-state index contributed by atoms with van der Waals surface area (Å²) in [4.78, 5) is 14.6. The fraction of sp³-hybridized carbons (Fsp3) is 0.941. The third-order valence-electron chi connectivity index (χ3n) is 5.49. The van der Waals surface area contributed by atoms with Gasteiger partial charge in [0.05, 0.1) is 12.5 Å². The summed E-state index contributed by atoms with van der Waals surface area (Å²) in [6.45, 7) is 7.44. The number of ether oxygens (including phenoxy) is 1. The van der Waals surface area contributed by atoms with E-state index in [4.69, 9.17) is 10.5 Å². The highest BCUT2D eigenvalue weighted by Gasteiger charge is 2.36. The first-order chi connectivity index (χ1) is 10.2. The quantitative estimate of drug-likeness (QED) is 0.792. The minimum Gasteiger partial charge on any atom is -0.466 e. The van der Waals surface area contributed by atoms with Crippen molar-refractivity contribution in [2.75, 3.05) is 26.2 Å². The highest BCUT2D eigenvalue weighted by atomic mass is 16.5. The Labute approximate surface area is 129 Å². The largest absolute Gasteiger partial charge is 0.466 e. The Balaban J connectivity index is 1.98. The van der Waals surface area contributed by atoms with Crippen LogP contribution in [0.15, 0.2) is 0 Å². The Hall–Kier alpha value is -0.610. The molecule has 1 aliphatic carbocycles. The van der Waals surface area contributed by atoms with Gasteiger partial charge in [0.15, 0.2) is 0 Å². The minimum absolute atomic E-state index is 0.00523. The van der Waals surface area contributed by atoms with Crippen LogP contribution in [0.25, 0.3) is 0 Å². The van der Waals surface area contributed by atoms with Crippen LogP contribution in [-0.2, 0) is 9.53 Å². The smallest absolute Gasteiger partial charge is 0.310 e. The van der Waals surface area contributed by atoms with Crippen LogP contribution in [-0.4, -0.2) is 43.2 Å². The van der Waals surface area contributed by atoms with Crippen molar-refractivity contribution in [1.82, 2.24) is 4.90 Å². The molecule has 0 bridgehead atoms. The highest BCUT2D eigenvalue weighted by Crippen LogP contribution is 2.35. The lowest BCUT2D eigenvalue weighted by atomic mass is 9.75. The van der Waals surface area contributed by atoms with Crippen LogP contribution < -0.4 is 5.73 Å². The predicted molar refractivity (Wildman–Crippen MR) is 84.9 cm³/mol. The van der Waals surface area contributed by atoms with E-state index in [1.807, 2.05) is 6.92 Å². The normalized spacial score (nSPS) is 34.6. The zero-order chi connectivity index (χ0) is 15.2. The molecule has 122 valence electrons. The summed E-state index contributed by atoms with van der Waals surface area (Å²) in [6.07, 6.45) is 7.18. The Kier molecular flexibility index (Phi) is 6.49. The van der Waals surface area contributed by atoms with Crippen molar-refractivity contribution < 1.29 is 9.53 Å². The lowest BCUT2D eigenvalue weighted by Crippen LogP contribution is -2.51. The number of esters is 1. The molecule has 0 aromatic carbocycles. The lowest BCUT2D eigenvalue weighted by Gasteiger charge is -2.45. The molecule has 0 aromatic rings. The molecule has 2 N–H and O–H groups in total. The van der Waals surface area contributed by atoms with Gasteiger partial charge >= 0.3 is 5.97 Å². The van der Waals surface area contributed by atoms with Gasteiger partial charge < -0.3 is 10.5 Å². The Morgan fingerprint density at radius 1 is 1.29 bits per heavy atom. The molecule has 1 heterocycles. The van der Waals surface area contributed by atoms with Gasteiger partial charge in [-0.2, -0.15) is 0 Å². The molecule has 4 unspecified atom stereocenters. The van der Waals surface area contributed by atoms with Crippen LogP contribution in [0, 0.1) is 17.8 Å². The molecule has 0 amide bonds. The standard InChI is InChI=1S/C17H32N2O2/c1-3-13-7-8-14(11-18)16(10-13)19-9-5-6-15(12-19)17(20)21-4-2/h13-16H,3-12,18H2,1-2H3. The van der Waals surface area contributed by atoms with Crippen LogP contribution in [0.5, 0.6) is 0 Å². The molecular weight excluding hydrogens is 264 g/mol. The second-order valence-corrected chi connectivity index (χ2v) is 6.74. The number of nitrogens with two attached hydrogens (primary N) is 1. The van der Waals surface area contributed by atoms with Crippen molar-refractivity contribution in [1.29, 1.82) is 0 Å². The molecule has 0 aromatic heterocycles. The molecule has 2 aliphatic rings. The number of carbonyl (C=O) groups excluding carboxylic acids is 1. The van der Waals surface area contributed by atoms with Crippen molar-refractivity contribution in [2.24, 2.45) is 23.5 Å². The zero-order valence-corrected chi connectivity index (χ0v) is 13.7. The minimum atomic E-state index is -0.00523. The highest BCUT2D eigenvalue weighted by molar-refractivity contribution is 5.72. The summed E-state index contributed by atoms with van der Waals surface area (Å²) in [5.41, 5.74) is 6.01. The fourth-order valence-electron chi connectivity index (χ4n) is 4.15. The van der Waals surface area contributed by atoms with Gasteiger partial charge in [-0.25, -0.2) is 0 Å². The summed E-state index contributed by atoms with van der Waals surface area (Å²) in [6, 6.07) is 0.575. The molecule has 1 aliphatic heterocycles. The molecule has 4 heteroatoms. The van der Waals surface area contributed by atoms with Crippen molar-refractivity contribution in [3.63, 3.8) is 0 Å². The van der Waals surface area contributed by atoms with Crippen LogP contribution in [0.4, 0.5) is 0 Å². The monoisotopic (exact) mass is 296 g/mol. The van der Waals surface area contributed by atoms with Crippen molar-refractivity contribution >= 4 is 5.97 Å². The second kappa shape index (κ2) is 8.14. The SMILES string of the molecule is CCOC(=O)C1CCCN(C2CC(CC)CCC2CN)C1. The first kappa shape index (κ1) is 16.8. The molecule has 4 nitrogen and oxygen atoms in total. The Morgan fingerprint density at radius 3 is 2.76 bits per heavy atom. The van der Waals surface area contributed by atoms with Gasteiger partial charge in [0.2, 0.25) is 0 Å². The average molecular weight is 296 g/mol. The van der Waals surface area contributed by atoms with Crippen LogP contribution >= 0.6 is 0 Å². The molecule has 21 heavy (non-hydrogen) atoms. The van der Waals surface area contributed by atoms with Gasteiger partial charge in [-0.3, -0.25) is 9.69 Å². The zero-order valence-electron chi connectivity index (χ0n) is 13.7. The first-order valence-electron chi connectivity index (χ1n) is 8.80. The number of hydrogen-bond donors (Lipinski definition) is 1.